The third kappa shape index (κ3) is 5.47. The summed E-state index contributed by atoms with van der Waals surface area (Å²) < 4.78 is 6.13. The molecule has 3 aromatic carbocycles. The molecule has 0 heterocycles. The molecule has 0 N–H and O–H groups in total. The number of carbonyl (C=O) groups excluding carboxylic acids is 1. The molecular formula is C26H29NO2. The molecule has 3 rings (SSSR count). The van der Waals surface area contributed by atoms with Crippen molar-refractivity contribution in [3.63, 3.8) is 0 Å². The predicted octanol–water partition coefficient (Wildman–Crippen LogP) is 5.61. The van der Waals surface area contributed by atoms with Crippen LogP contribution in [0, 0.1) is 20.8 Å². The van der Waals surface area contributed by atoms with Gasteiger partial charge in [0.05, 0.1) is 0 Å². The predicted molar refractivity (Wildman–Crippen MR) is 118 cm³/mol. The summed E-state index contributed by atoms with van der Waals surface area (Å²) in [6, 6.07) is 24.3. The van der Waals surface area contributed by atoms with Crippen LogP contribution >= 0.6 is 0 Å². The van der Waals surface area contributed by atoms with E-state index in [4.69, 9.17) is 4.74 Å². The molecule has 0 bridgehead atoms. The zero-order valence-corrected chi connectivity index (χ0v) is 17.7. The molecule has 0 saturated heterocycles. The van der Waals surface area contributed by atoms with Crippen LogP contribution in [0.15, 0.2) is 72.8 Å². The molecule has 0 unspecified atom stereocenters. The Morgan fingerprint density at radius 3 is 1.90 bits per heavy atom. The molecule has 0 aliphatic rings. The highest BCUT2D eigenvalue weighted by Crippen LogP contribution is 2.25. The van der Waals surface area contributed by atoms with Crippen molar-refractivity contribution in [2.75, 3.05) is 0 Å². The van der Waals surface area contributed by atoms with Crippen molar-refractivity contribution in [2.45, 2.75) is 46.9 Å². The quantitative estimate of drug-likeness (QED) is 0.527. The Balaban J connectivity index is 1.81. The zero-order chi connectivity index (χ0) is 20.8. The molecule has 0 spiro atoms. The monoisotopic (exact) mass is 387 g/mol. The second-order valence-corrected chi connectivity index (χ2v) is 7.63. The van der Waals surface area contributed by atoms with Crippen LogP contribution in [0.1, 0.15) is 34.7 Å². The van der Waals surface area contributed by atoms with E-state index in [9.17, 15) is 4.79 Å². The molecule has 150 valence electrons. The van der Waals surface area contributed by atoms with Crippen molar-refractivity contribution in [1.29, 1.82) is 0 Å². The first kappa shape index (κ1) is 20.7. The number of hydrogen-bond donors (Lipinski definition) is 0. The number of ether oxygens (including phenoxy) is 1. The van der Waals surface area contributed by atoms with Crippen molar-refractivity contribution >= 4 is 5.91 Å². The maximum Gasteiger partial charge on any atom is 0.263 e. The number of rotatable bonds is 7. The SMILES string of the molecule is Cc1cc(C)c(C)c(O[C@H](C)C(=O)N(Cc2ccccc2)Cc2ccccc2)c1. The highest BCUT2D eigenvalue weighted by molar-refractivity contribution is 5.81. The Morgan fingerprint density at radius 1 is 0.862 bits per heavy atom. The van der Waals surface area contributed by atoms with E-state index in [0.29, 0.717) is 13.1 Å². The van der Waals surface area contributed by atoms with Crippen LogP contribution in [-0.2, 0) is 17.9 Å². The summed E-state index contributed by atoms with van der Waals surface area (Å²) in [5, 5.41) is 0. The van der Waals surface area contributed by atoms with Crippen LogP contribution in [0.25, 0.3) is 0 Å². The highest BCUT2D eigenvalue weighted by Gasteiger charge is 2.23. The highest BCUT2D eigenvalue weighted by atomic mass is 16.5. The van der Waals surface area contributed by atoms with Gasteiger partial charge in [0.1, 0.15) is 5.75 Å². The minimum atomic E-state index is -0.567. The molecule has 3 heteroatoms. The maximum atomic E-state index is 13.3. The lowest BCUT2D eigenvalue weighted by Crippen LogP contribution is -2.39. The number of nitrogens with zero attached hydrogens (tertiary/aromatic N) is 1. The first-order valence-electron chi connectivity index (χ1n) is 10.0. The van der Waals surface area contributed by atoms with E-state index in [1.807, 2.05) is 92.4 Å². The Bertz CT molecular complexity index is 910. The third-order valence-corrected chi connectivity index (χ3v) is 5.16. The maximum absolute atomic E-state index is 13.3. The molecule has 0 saturated carbocycles. The van der Waals surface area contributed by atoms with Gasteiger partial charge in [0.15, 0.2) is 6.10 Å². The second-order valence-electron chi connectivity index (χ2n) is 7.63. The zero-order valence-electron chi connectivity index (χ0n) is 17.7. The molecule has 0 aliphatic heterocycles. The van der Waals surface area contributed by atoms with Crippen LogP contribution < -0.4 is 4.74 Å². The average Bonchev–Trinajstić information content (AvgIpc) is 2.72. The van der Waals surface area contributed by atoms with Gasteiger partial charge < -0.3 is 9.64 Å². The van der Waals surface area contributed by atoms with E-state index >= 15 is 0 Å². The van der Waals surface area contributed by atoms with Crippen molar-refractivity contribution in [2.24, 2.45) is 0 Å². The van der Waals surface area contributed by atoms with Gasteiger partial charge in [-0.05, 0) is 61.6 Å². The first-order chi connectivity index (χ1) is 13.9. The van der Waals surface area contributed by atoms with Gasteiger partial charge in [-0.15, -0.1) is 0 Å². The standard InChI is InChI=1S/C26H29NO2/c1-19-15-20(2)21(3)25(16-19)29-22(4)26(28)27(17-23-11-7-5-8-12-23)18-24-13-9-6-10-14-24/h5-16,22H,17-18H2,1-4H3/t22-/m1/s1. The number of aryl methyl sites for hydroxylation is 2. The topological polar surface area (TPSA) is 29.5 Å². The summed E-state index contributed by atoms with van der Waals surface area (Å²) in [7, 11) is 0. The molecule has 1 amide bonds. The van der Waals surface area contributed by atoms with E-state index in [1.54, 1.807) is 0 Å². The Hall–Kier alpha value is -3.07. The van der Waals surface area contributed by atoms with E-state index < -0.39 is 6.10 Å². The van der Waals surface area contributed by atoms with Crippen molar-refractivity contribution in [3.8, 4) is 5.75 Å². The van der Waals surface area contributed by atoms with E-state index in [0.717, 1.165) is 28.0 Å². The fraction of sp³-hybridized carbons (Fsp3) is 0.269. The number of benzene rings is 3. The fourth-order valence-corrected chi connectivity index (χ4v) is 3.44. The summed E-state index contributed by atoms with van der Waals surface area (Å²) in [6.45, 7) is 9.08. The van der Waals surface area contributed by atoms with Crippen molar-refractivity contribution in [3.05, 3.63) is 101 Å². The lowest BCUT2D eigenvalue weighted by Gasteiger charge is -2.27. The molecule has 1 atom stereocenters. The molecule has 0 fully saturated rings. The number of amides is 1. The minimum absolute atomic E-state index is 0.0173. The Kier molecular flexibility index (Phi) is 6.71. The summed E-state index contributed by atoms with van der Waals surface area (Å²) in [5.74, 6) is 0.763. The molecule has 0 radical (unpaired) electrons. The average molecular weight is 388 g/mol. The van der Waals surface area contributed by atoms with Crippen LogP contribution in [0.3, 0.4) is 0 Å². The number of hydrogen-bond acceptors (Lipinski definition) is 2. The molecule has 3 nitrogen and oxygen atoms in total. The lowest BCUT2D eigenvalue weighted by atomic mass is 10.1. The van der Waals surface area contributed by atoms with Gasteiger partial charge in [0, 0.05) is 13.1 Å². The number of carbonyl (C=O) groups is 1. The van der Waals surface area contributed by atoms with Gasteiger partial charge in [0.25, 0.3) is 5.91 Å². The van der Waals surface area contributed by atoms with Crippen LogP contribution in [0.5, 0.6) is 5.75 Å². The third-order valence-electron chi connectivity index (χ3n) is 5.16. The van der Waals surface area contributed by atoms with Crippen LogP contribution in [-0.4, -0.2) is 16.9 Å². The largest absolute Gasteiger partial charge is 0.481 e. The van der Waals surface area contributed by atoms with Gasteiger partial charge in [0.2, 0.25) is 0 Å². The normalized spacial score (nSPS) is 11.7. The lowest BCUT2D eigenvalue weighted by molar-refractivity contribution is -0.139. The minimum Gasteiger partial charge on any atom is -0.481 e. The van der Waals surface area contributed by atoms with Crippen molar-refractivity contribution in [1.82, 2.24) is 4.90 Å². The van der Waals surface area contributed by atoms with E-state index in [-0.39, 0.29) is 5.91 Å². The fourth-order valence-electron chi connectivity index (χ4n) is 3.44. The molecule has 29 heavy (non-hydrogen) atoms. The van der Waals surface area contributed by atoms with E-state index in [1.165, 1.54) is 5.56 Å². The Morgan fingerprint density at radius 2 is 1.38 bits per heavy atom. The molecule has 3 aromatic rings. The van der Waals surface area contributed by atoms with Gasteiger partial charge in [-0.25, -0.2) is 0 Å². The molecule has 0 aliphatic carbocycles. The first-order valence-corrected chi connectivity index (χ1v) is 10.0. The van der Waals surface area contributed by atoms with Gasteiger partial charge in [-0.3, -0.25) is 4.79 Å². The smallest absolute Gasteiger partial charge is 0.263 e. The van der Waals surface area contributed by atoms with Crippen LogP contribution in [0.4, 0.5) is 0 Å². The van der Waals surface area contributed by atoms with E-state index in [2.05, 4.69) is 13.0 Å². The second kappa shape index (κ2) is 9.42. The molecular weight excluding hydrogens is 358 g/mol. The van der Waals surface area contributed by atoms with Gasteiger partial charge in [-0.2, -0.15) is 0 Å². The summed E-state index contributed by atoms with van der Waals surface area (Å²) in [5.41, 5.74) is 5.59. The van der Waals surface area contributed by atoms with Gasteiger partial charge in [-0.1, -0.05) is 66.7 Å². The van der Waals surface area contributed by atoms with Gasteiger partial charge >= 0.3 is 0 Å². The summed E-state index contributed by atoms with van der Waals surface area (Å²) in [4.78, 5) is 15.2. The molecule has 0 aromatic heterocycles. The van der Waals surface area contributed by atoms with Crippen molar-refractivity contribution < 1.29 is 9.53 Å². The summed E-state index contributed by atoms with van der Waals surface area (Å²) in [6.07, 6.45) is -0.567. The Labute approximate surface area is 174 Å². The van der Waals surface area contributed by atoms with Crippen LogP contribution in [0.2, 0.25) is 0 Å². The summed E-state index contributed by atoms with van der Waals surface area (Å²) >= 11 is 0.